The second-order valence-electron chi connectivity index (χ2n) is 15.4. The summed E-state index contributed by atoms with van der Waals surface area (Å²) in [4.78, 5) is 1.73. The Morgan fingerprint density at radius 3 is 1.55 bits per heavy atom. The Hall–Kier alpha value is -8.02. The summed E-state index contributed by atoms with van der Waals surface area (Å²) in [6.45, 7) is 0. The Labute approximate surface area is 346 Å². The number of hydrogen-bond donors (Lipinski definition) is 4. The van der Waals surface area contributed by atoms with Crippen molar-refractivity contribution in [1.82, 2.24) is 0 Å². The molecule has 1 aliphatic rings. The van der Waals surface area contributed by atoms with Crippen LogP contribution in [0.2, 0.25) is 0 Å². The maximum atomic E-state index is 12.4. The normalized spacial score (nSPS) is 12.7. The fourth-order valence-electron chi connectivity index (χ4n) is 9.71. The lowest BCUT2D eigenvalue weighted by Gasteiger charge is -2.35. The van der Waals surface area contributed by atoms with Gasteiger partial charge in [-0.3, -0.25) is 0 Å². The summed E-state index contributed by atoms with van der Waals surface area (Å²) in [6.07, 6.45) is 0. The lowest BCUT2D eigenvalue weighted by molar-refractivity contribution is 0.377. The fraction of sp³-hybridized carbons (Fsp3) is 0.0182. The summed E-state index contributed by atoms with van der Waals surface area (Å²) in [7, 11) is 0. The van der Waals surface area contributed by atoms with Crippen molar-refractivity contribution in [3.63, 3.8) is 0 Å². The van der Waals surface area contributed by atoms with Gasteiger partial charge in [-0.25, -0.2) is 0 Å². The van der Waals surface area contributed by atoms with Crippen LogP contribution in [0, 0.1) is 0 Å². The van der Waals surface area contributed by atoms with E-state index in [2.05, 4.69) is 84.9 Å². The molecule has 0 saturated heterocycles. The molecule has 0 atom stereocenters. The predicted molar refractivity (Wildman–Crippen MR) is 243 cm³/mol. The monoisotopic (exact) mass is 775 g/mol. The summed E-state index contributed by atoms with van der Waals surface area (Å²) >= 11 is 0. The first-order valence-corrected chi connectivity index (χ1v) is 20.0. The molecule has 1 aliphatic carbocycles. The summed E-state index contributed by atoms with van der Waals surface area (Å²) in [5, 5.41) is 54.6. The van der Waals surface area contributed by atoms with Gasteiger partial charge in [0.05, 0.1) is 11.0 Å². The Morgan fingerprint density at radius 1 is 0.333 bits per heavy atom. The molecule has 11 rings (SSSR count). The van der Waals surface area contributed by atoms with Crippen LogP contribution in [0.25, 0.3) is 54.6 Å². The predicted octanol–water partition coefficient (Wildman–Crippen LogP) is 13.5. The van der Waals surface area contributed by atoms with Crippen LogP contribution in [0.1, 0.15) is 22.3 Å². The molecule has 0 saturated carbocycles. The average molecular weight is 776 g/mol. The molecule has 60 heavy (non-hydrogen) atoms. The Kier molecular flexibility index (Phi) is 7.94. The molecule has 0 bridgehead atoms. The third kappa shape index (κ3) is 5.06. The van der Waals surface area contributed by atoms with Crippen LogP contribution in [-0.4, -0.2) is 20.4 Å². The van der Waals surface area contributed by atoms with Gasteiger partial charge in [0, 0.05) is 11.4 Å². The molecule has 4 N–H and O–H groups in total. The Morgan fingerprint density at radius 2 is 0.850 bits per heavy atom. The first-order valence-electron chi connectivity index (χ1n) is 20.0. The standard InChI is InChI=1S/C55H37NO4/c57-51-49(46-32-36-17-9-10-22-41(36)42-23-11-12-24-43(42)46)52(58)54(60)50(53(51)59)56(39-28-27-34-15-7-8-16-35(34)31-39)40-29-30-45-44-25-13-14-26-47(44)55(48(45)33-40,37-18-3-1-4-19-37)38-20-5-2-6-21-38/h1-33,57-60H. The van der Waals surface area contributed by atoms with Gasteiger partial charge in [-0.1, -0.05) is 170 Å². The highest BCUT2D eigenvalue weighted by molar-refractivity contribution is 6.15. The topological polar surface area (TPSA) is 84.2 Å². The Bertz CT molecular complexity index is 3250. The second kappa shape index (κ2) is 13.5. The van der Waals surface area contributed by atoms with Crippen molar-refractivity contribution in [2.75, 3.05) is 4.90 Å². The van der Waals surface area contributed by atoms with E-state index >= 15 is 0 Å². The van der Waals surface area contributed by atoms with Crippen LogP contribution in [0.5, 0.6) is 23.0 Å². The number of aromatic hydroxyl groups is 4. The number of phenols is 4. The van der Waals surface area contributed by atoms with E-state index in [-0.39, 0.29) is 11.3 Å². The minimum absolute atomic E-state index is 0.0641. The van der Waals surface area contributed by atoms with E-state index in [9.17, 15) is 20.4 Å². The van der Waals surface area contributed by atoms with E-state index in [1.54, 1.807) is 4.90 Å². The number of anilines is 3. The van der Waals surface area contributed by atoms with Crippen molar-refractivity contribution < 1.29 is 20.4 Å². The first kappa shape index (κ1) is 35.2. The van der Waals surface area contributed by atoms with Gasteiger partial charge in [-0.15, -0.1) is 0 Å². The smallest absolute Gasteiger partial charge is 0.186 e. The molecule has 0 aromatic heterocycles. The zero-order chi connectivity index (χ0) is 40.5. The molecule has 0 spiro atoms. The first-order chi connectivity index (χ1) is 29.4. The van der Waals surface area contributed by atoms with Crippen LogP contribution in [0.4, 0.5) is 17.1 Å². The lowest BCUT2D eigenvalue weighted by Crippen LogP contribution is -2.28. The van der Waals surface area contributed by atoms with E-state index < -0.39 is 28.4 Å². The van der Waals surface area contributed by atoms with Crippen LogP contribution >= 0.6 is 0 Å². The summed E-state index contributed by atoms with van der Waals surface area (Å²) < 4.78 is 0. The molecule has 0 aliphatic heterocycles. The van der Waals surface area contributed by atoms with Crippen molar-refractivity contribution in [2.45, 2.75) is 5.41 Å². The summed E-state index contributed by atoms with van der Waals surface area (Å²) in [6, 6.07) is 67.0. The molecular formula is C55H37NO4. The fourth-order valence-corrected chi connectivity index (χ4v) is 9.71. The second-order valence-corrected chi connectivity index (χ2v) is 15.4. The number of fused-ring (bicyclic) bond motifs is 7. The third-order valence-corrected chi connectivity index (χ3v) is 12.3. The lowest BCUT2D eigenvalue weighted by atomic mass is 9.67. The molecule has 0 heterocycles. The van der Waals surface area contributed by atoms with Crippen molar-refractivity contribution in [2.24, 2.45) is 0 Å². The molecule has 10 aromatic rings. The number of hydrogen-bond acceptors (Lipinski definition) is 5. The minimum Gasteiger partial charge on any atom is -0.504 e. The van der Waals surface area contributed by atoms with Gasteiger partial charge in [-0.05, 0) is 102 Å². The van der Waals surface area contributed by atoms with Gasteiger partial charge in [0.1, 0.15) is 5.69 Å². The van der Waals surface area contributed by atoms with Crippen molar-refractivity contribution in [3.05, 3.63) is 222 Å². The van der Waals surface area contributed by atoms with Gasteiger partial charge < -0.3 is 25.3 Å². The number of rotatable bonds is 6. The molecule has 5 heteroatoms. The molecule has 10 aromatic carbocycles. The van der Waals surface area contributed by atoms with Crippen molar-refractivity contribution in [1.29, 1.82) is 0 Å². The largest absolute Gasteiger partial charge is 0.504 e. The maximum Gasteiger partial charge on any atom is 0.186 e. The molecule has 0 unspecified atom stereocenters. The van der Waals surface area contributed by atoms with E-state index in [0.29, 0.717) is 16.9 Å². The number of phenolic OH excluding ortho intramolecular Hbond substituents is 4. The van der Waals surface area contributed by atoms with Crippen LogP contribution in [0.15, 0.2) is 200 Å². The van der Waals surface area contributed by atoms with Gasteiger partial charge in [0.2, 0.25) is 0 Å². The zero-order valence-corrected chi connectivity index (χ0v) is 32.3. The summed E-state index contributed by atoms with van der Waals surface area (Å²) in [5.74, 6) is -2.26. The van der Waals surface area contributed by atoms with E-state index in [0.717, 1.165) is 65.7 Å². The third-order valence-electron chi connectivity index (χ3n) is 12.3. The molecule has 0 amide bonds. The van der Waals surface area contributed by atoms with Crippen molar-refractivity contribution in [3.8, 4) is 45.3 Å². The van der Waals surface area contributed by atoms with Gasteiger partial charge >= 0.3 is 0 Å². The van der Waals surface area contributed by atoms with Crippen LogP contribution in [0.3, 0.4) is 0 Å². The highest BCUT2D eigenvalue weighted by atomic mass is 16.3. The quantitative estimate of drug-likeness (QED) is 0.0768. The minimum atomic E-state index is -0.727. The van der Waals surface area contributed by atoms with Gasteiger partial charge in [0.25, 0.3) is 0 Å². The van der Waals surface area contributed by atoms with Gasteiger partial charge in [0.15, 0.2) is 23.0 Å². The molecule has 5 nitrogen and oxygen atoms in total. The SMILES string of the molecule is Oc1c(O)c(N(c2ccc3c(c2)C(c2ccccc2)(c2ccccc2)c2ccccc2-3)c2ccc3ccccc3c2)c(O)c(O)c1-c1cc2ccccc2c2ccccc12. The molecule has 0 radical (unpaired) electrons. The highest BCUT2D eigenvalue weighted by Crippen LogP contribution is 2.61. The number of benzene rings is 10. The van der Waals surface area contributed by atoms with E-state index in [1.807, 2.05) is 115 Å². The zero-order valence-electron chi connectivity index (χ0n) is 32.3. The van der Waals surface area contributed by atoms with Gasteiger partial charge in [-0.2, -0.15) is 0 Å². The van der Waals surface area contributed by atoms with Crippen molar-refractivity contribution >= 4 is 49.4 Å². The Balaban J connectivity index is 1.20. The van der Waals surface area contributed by atoms with Crippen LogP contribution in [-0.2, 0) is 5.41 Å². The average Bonchev–Trinajstić information content (AvgIpc) is 3.60. The molecule has 286 valence electrons. The number of nitrogens with zero attached hydrogens (tertiary/aromatic N) is 1. The molecular weight excluding hydrogens is 739 g/mol. The maximum absolute atomic E-state index is 12.4. The van der Waals surface area contributed by atoms with E-state index in [4.69, 9.17) is 0 Å². The summed E-state index contributed by atoms with van der Waals surface area (Å²) in [5.41, 5.74) is 7.21. The van der Waals surface area contributed by atoms with Crippen LogP contribution < -0.4 is 4.90 Å². The van der Waals surface area contributed by atoms with E-state index in [1.165, 1.54) is 0 Å². The molecule has 0 fully saturated rings. The highest BCUT2D eigenvalue weighted by Gasteiger charge is 2.46.